The molecule has 5 heteroatoms. The highest BCUT2D eigenvalue weighted by molar-refractivity contribution is 7.90. The topological polar surface area (TPSA) is 59.9 Å². The van der Waals surface area contributed by atoms with Crippen molar-refractivity contribution in [3.63, 3.8) is 0 Å². The average Bonchev–Trinajstić information content (AvgIpc) is 2.29. The molecule has 0 atom stereocenters. The first-order chi connectivity index (χ1) is 8.82. The quantitative estimate of drug-likeness (QED) is 0.866. The van der Waals surface area contributed by atoms with Gasteiger partial charge in [-0.05, 0) is 43.5 Å². The number of nitrogens with zero attached hydrogens (tertiary/aromatic N) is 2. The molecule has 2 aromatic rings. The number of rotatable bonds is 3. The number of benzene rings is 1. The Balaban J connectivity index is 2.80. The zero-order valence-corrected chi connectivity index (χ0v) is 12.5. The molecule has 0 bridgehead atoms. The number of aromatic nitrogens is 2. The molecule has 1 aromatic heterocycles. The summed E-state index contributed by atoms with van der Waals surface area (Å²) in [6.07, 6.45) is 2.65. The Morgan fingerprint density at radius 3 is 2.05 bits per heavy atom. The van der Waals surface area contributed by atoms with E-state index in [2.05, 4.69) is 9.97 Å². The van der Waals surface area contributed by atoms with Crippen molar-refractivity contribution in [2.45, 2.75) is 38.6 Å². The summed E-state index contributed by atoms with van der Waals surface area (Å²) in [5.74, 6) is 0. The van der Waals surface area contributed by atoms with Crippen LogP contribution in [0.2, 0.25) is 0 Å². The molecule has 0 spiro atoms. The summed E-state index contributed by atoms with van der Waals surface area (Å²) >= 11 is 0. The van der Waals surface area contributed by atoms with Crippen LogP contribution in [0.3, 0.4) is 0 Å². The first kappa shape index (κ1) is 13.9. The maximum absolute atomic E-state index is 11.8. The molecule has 0 radical (unpaired) electrons. The van der Waals surface area contributed by atoms with Crippen molar-refractivity contribution in [3.8, 4) is 0 Å². The summed E-state index contributed by atoms with van der Waals surface area (Å²) in [4.78, 5) is 8.81. The molecule has 0 aliphatic heterocycles. The van der Waals surface area contributed by atoms with Crippen LogP contribution in [-0.2, 0) is 16.3 Å². The lowest BCUT2D eigenvalue weighted by molar-refractivity contribution is 0.595. The molecule has 2 rings (SSSR count). The largest absolute Gasteiger partial charge is 0.248 e. The van der Waals surface area contributed by atoms with Crippen LogP contribution in [-0.4, -0.2) is 24.6 Å². The van der Waals surface area contributed by atoms with Gasteiger partial charge in [-0.25, -0.2) is 18.4 Å². The number of fused-ring (bicyclic) bond motifs is 1. The van der Waals surface area contributed by atoms with Crippen LogP contribution in [0, 0.1) is 13.8 Å². The van der Waals surface area contributed by atoms with Gasteiger partial charge in [0.25, 0.3) is 0 Å². The second kappa shape index (κ2) is 4.89. The molecule has 4 nitrogen and oxygen atoms in total. The van der Waals surface area contributed by atoms with E-state index in [4.69, 9.17) is 0 Å². The summed E-state index contributed by atoms with van der Waals surface area (Å²) in [7, 11) is -3.34. The van der Waals surface area contributed by atoms with Gasteiger partial charge < -0.3 is 0 Å². The van der Waals surface area contributed by atoms with Crippen molar-refractivity contribution >= 4 is 20.9 Å². The van der Waals surface area contributed by atoms with Crippen molar-refractivity contribution in [1.29, 1.82) is 0 Å². The predicted octanol–water partition coefficient (Wildman–Crippen LogP) is 2.60. The number of hydrogen-bond donors (Lipinski definition) is 0. The van der Waals surface area contributed by atoms with Crippen molar-refractivity contribution < 1.29 is 8.42 Å². The van der Waals surface area contributed by atoms with Gasteiger partial charge in [-0.2, -0.15) is 0 Å². The molecule has 1 heterocycles. The van der Waals surface area contributed by atoms with Crippen LogP contribution in [0.25, 0.3) is 11.0 Å². The fraction of sp³-hybridized carbons (Fsp3) is 0.429. The third-order valence-electron chi connectivity index (χ3n) is 3.15. The van der Waals surface area contributed by atoms with E-state index in [0.717, 1.165) is 23.1 Å². The van der Waals surface area contributed by atoms with Gasteiger partial charge in [-0.15, -0.1) is 0 Å². The Kier molecular flexibility index (Phi) is 3.58. The highest BCUT2D eigenvalue weighted by Crippen LogP contribution is 2.21. The SMILES string of the molecule is CCCc1nc2cc(C)c(C)cc2nc1S(C)(=O)=O. The van der Waals surface area contributed by atoms with E-state index >= 15 is 0 Å². The summed E-state index contributed by atoms with van der Waals surface area (Å²) in [6.45, 7) is 6.00. The molecule has 0 unspecified atom stereocenters. The van der Waals surface area contributed by atoms with E-state index < -0.39 is 9.84 Å². The smallest absolute Gasteiger partial charge is 0.194 e. The summed E-state index contributed by atoms with van der Waals surface area (Å²) in [5, 5.41) is 0.116. The third kappa shape index (κ3) is 2.76. The Morgan fingerprint density at radius 1 is 1.05 bits per heavy atom. The minimum absolute atomic E-state index is 0.116. The molecule has 1 aromatic carbocycles. The Morgan fingerprint density at radius 2 is 1.58 bits per heavy atom. The standard InChI is InChI=1S/C14H18N2O2S/c1-5-6-11-14(19(4,17)18)16-13-8-10(3)9(2)7-12(13)15-11/h7-8H,5-6H2,1-4H3. The lowest BCUT2D eigenvalue weighted by Crippen LogP contribution is -2.08. The average molecular weight is 278 g/mol. The molecule has 19 heavy (non-hydrogen) atoms. The first-order valence-corrected chi connectivity index (χ1v) is 8.20. The number of aryl methyl sites for hydroxylation is 3. The minimum Gasteiger partial charge on any atom is -0.248 e. The molecule has 0 aliphatic rings. The van der Waals surface area contributed by atoms with Crippen LogP contribution < -0.4 is 0 Å². The van der Waals surface area contributed by atoms with E-state index in [0.29, 0.717) is 17.6 Å². The van der Waals surface area contributed by atoms with E-state index in [9.17, 15) is 8.42 Å². The van der Waals surface area contributed by atoms with Gasteiger partial charge in [-0.1, -0.05) is 13.3 Å². The van der Waals surface area contributed by atoms with Gasteiger partial charge >= 0.3 is 0 Å². The lowest BCUT2D eigenvalue weighted by Gasteiger charge is -2.09. The molecule has 0 saturated heterocycles. The van der Waals surface area contributed by atoms with Gasteiger partial charge in [0.1, 0.15) is 0 Å². The Bertz CT molecular complexity index is 737. The van der Waals surface area contributed by atoms with Crippen LogP contribution in [0.5, 0.6) is 0 Å². The zero-order chi connectivity index (χ0) is 14.2. The van der Waals surface area contributed by atoms with Crippen molar-refractivity contribution in [2.75, 3.05) is 6.26 Å². The molecule has 0 saturated carbocycles. The third-order valence-corrected chi connectivity index (χ3v) is 4.18. The maximum atomic E-state index is 11.8. The Labute approximate surface area is 113 Å². The molecule has 102 valence electrons. The van der Waals surface area contributed by atoms with E-state index in [-0.39, 0.29) is 5.03 Å². The first-order valence-electron chi connectivity index (χ1n) is 6.31. The summed E-state index contributed by atoms with van der Waals surface area (Å²) in [6, 6.07) is 3.85. The van der Waals surface area contributed by atoms with Crippen LogP contribution >= 0.6 is 0 Å². The fourth-order valence-electron chi connectivity index (χ4n) is 2.03. The molecule has 0 aliphatic carbocycles. The van der Waals surface area contributed by atoms with Crippen molar-refractivity contribution in [1.82, 2.24) is 9.97 Å². The van der Waals surface area contributed by atoms with Gasteiger partial charge in [0.15, 0.2) is 14.9 Å². The van der Waals surface area contributed by atoms with Crippen molar-refractivity contribution in [3.05, 3.63) is 29.0 Å². The van der Waals surface area contributed by atoms with Gasteiger partial charge in [0.2, 0.25) is 0 Å². The van der Waals surface area contributed by atoms with Crippen LogP contribution in [0.4, 0.5) is 0 Å². The van der Waals surface area contributed by atoms with Gasteiger partial charge in [0.05, 0.1) is 16.7 Å². The molecular weight excluding hydrogens is 260 g/mol. The second-order valence-electron chi connectivity index (χ2n) is 4.92. The minimum atomic E-state index is -3.34. The van der Waals surface area contributed by atoms with E-state index in [1.807, 2.05) is 32.9 Å². The molecule has 0 N–H and O–H groups in total. The molecule has 0 amide bonds. The van der Waals surface area contributed by atoms with E-state index in [1.54, 1.807) is 0 Å². The zero-order valence-electron chi connectivity index (χ0n) is 11.7. The molecular formula is C14H18N2O2S. The fourth-order valence-corrected chi connectivity index (χ4v) is 2.87. The van der Waals surface area contributed by atoms with Crippen LogP contribution in [0.1, 0.15) is 30.2 Å². The monoisotopic (exact) mass is 278 g/mol. The number of hydrogen-bond acceptors (Lipinski definition) is 4. The number of sulfone groups is 1. The van der Waals surface area contributed by atoms with Crippen molar-refractivity contribution in [2.24, 2.45) is 0 Å². The normalized spacial score (nSPS) is 12.0. The van der Waals surface area contributed by atoms with Crippen LogP contribution in [0.15, 0.2) is 17.2 Å². The lowest BCUT2D eigenvalue weighted by atomic mass is 10.1. The summed E-state index contributed by atoms with van der Waals surface area (Å²) < 4.78 is 23.6. The van der Waals surface area contributed by atoms with Gasteiger partial charge in [0, 0.05) is 6.26 Å². The second-order valence-corrected chi connectivity index (χ2v) is 6.85. The highest BCUT2D eigenvalue weighted by Gasteiger charge is 2.17. The highest BCUT2D eigenvalue weighted by atomic mass is 32.2. The predicted molar refractivity (Wildman–Crippen MR) is 76.1 cm³/mol. The van der Waals surface area contributed by atoms with Gasteiger partial charge in [-0.3, -0.25) is 0 Å². The summed E-state index contributed by atoms with van der Waals surface area (Å²) in [5.41, 5.74) is 4.20. The van der Waals surface area contributed by atoms with E-state index in [1.165, 1.54) is 6.26 Å². The molecule has 0 fully saturated rings. The maximum Gasteiger partial charge on any atom is 0.194 e. The Hall–Kier alpha value is -1.49.